The van der Waals surface area contributed by atoms with Crippen LogP contribution in [0.5, 0.6) is 0 Å². The lowest BCUT2D eigenvalue weighted by Crippen LogP contribution is -2.80. The Morgan fingerprint density at radius 3 is 1.43 bits per heavy atom. The summed E-state index contributed by atoms with van der Waals surface area (Å²) in [6.45, 7) is -2.10. The van der Waals surface area contributed by atoms with Gasteiger partial charge in [-0.3, -0.25) is 19.2 Å². The Labute approximate surface area is 463 Å². The van der Waals surface area contributed by atoms with Crippen LogP contribution in [-0.4, -0.2) is 76.2 Å². The number of carboxylic acid groups (broad SMARTS) is 1. The number of carbonyl (C=O) groups excluding carboxylic acids is 4. The second-order valence-electron chi connectivity index (χ2n) is 14.9. The van der Waals surface area contributed by atoms with Crippen LogP contribution in [0.25, 0.3) is 0 Å². The summed E-state index contributed by atoms with van der Waals surface area (Å²) in [6.07, 6.45) is -0.886. The van der Waals surface area contributed by atoms with Gasteiger partial charge in [0.15, 0.2) is 16.7 Å². The van der Waals surface area contributed by atoms with Crippen molar-refractivity contribution in [3.05, 3.63) is 84.7 Å². The fraction of sp³-hybridized carbons (Fsp3) is 0.343. The number of amides is 3. The first-order chi connectivity index (χ1) is 27.6. The Morgan fingerprint density at radius 2 is 1.03 bits per heavy atom. The van der Waals surface area contributed by atoms with E-state index in [1.54, 1.807) is 18.2 Å². The molecule has 3 aromatic carbocycles. The van der Waals surface area contributed by atoms with E-state index in [9.17, 15) is 50.8 Å². The van der Waals surface area contributed by atoms with Gasteiger partial charge in [-0.2, -0.15) is 8.78 Å². The van der Waals surface area contributed by atoms with E-state index >= 15 is 0 Å². The lowest BCUT2D eigenvalue weighted by Gasteiger charge is -2.69. The van der Waals surface area contributed by atoms with E-state index in [-0.39, 0.29) is 64.3 Å². The molecule has 3 aromatic rings. The fourth-order valence-electron chi connectivity index (χ4n) is 9.01. The Kier molecular flexibility index (Phi) is 15.6. The molecule has 0 saturated heterocycles. The smallest absolute Gasteiger partial charge is 0.367 e. The van der Waals surface area contributed by atoms with Gasteiger partial charge in [-0.05, 0) is 272 Å². The van der Waals surface area contributed by atoms with Gasteiger partial charge in [0, 0.05) is 48.7 Å². The maximum atomic E-state index is 14.7. The first kappa shape index (κ1) is 50.8. The zero-order valence-corrected chi connectivity index (χ0v) is 49.8. The van der Waals surface area contributed by atoms with Gasteiger partial charge in [0.1, 0.15) is 0 Å². The summed E-state index contributed by atoms with van der Waals surface area (Å²) in [5.74, 6) is -4.68. The summed E-state index contributed by atoms with van der Waals surface area (Å²) < 4.78 is 74.0. The van der Waals surface area contributed by atoms with Crippen molar-refractivity contribution in [2.45, 2.75) is 60.4 Å². The van der Waals surface area contributed by atoms with Crippen molar-refractivity contribution in [3.63, 3.8) is 0 Å². The maximum Gasteiger partial charge on any atom is 0.367 e. The van der Waals surface area contributed by atoms with Crippen molar-refractivity contribution < 1.29 is 55.6 Å². The average Bonchev–Trinajstić information content (AvgIpc) is 3.09. The number of nitrogens with one attached hydrogen (secondary N) is 3. The third-order valence-corrected chi connectivity index (χ3v) is 22.5. The molecule has 4 saturated carbocycles. The summed E-state index contributed by atoms with van der Waals surface area (Å²) in [6, 6.07) is 8.67. The number of ether oxygens (including phenoxy) is 1. The van der Waals surface area contributed by atoms with Gasteiger partial charge in [0.05, 0.1) is 27.7 Å². The molecule has 0 spiro atoms. The molecular formula is C35H23F2I9N3O10S-. The maximum absolute atomic E-state index is 14.7. The van der Waals surface area contributed by atoms with Gasteiger partial charge in [0.2, 0.25) is 0 Å². The lowest BCUT2D eigenvalue weighted by atomic mass is 9.41. The first-order valence-electron chi connectivity index (χ1n) is 16.8. The van der Waals surface area contributed by atoms with E-state index in [0.717, 1.165) is 14.3 Å². The van der Waals surface area contributed by atoms with Crippen LogP contribution in [0.3, 0.4) is 0 Å². The first-order valence-corrected chi connectivity index (χ1v) is 27.9. The average molecular weight is 1860 g/mol. The van der Waals surface area contributed by atoms with Gasteiger partial charge in [-0.15, -0.1) is 0 Å². The van der Waals surface area contributed by atoms with Crippen LogP contribution in [0.2, 0.25) is 0 Å². The predicted octanol–water partition coefficient (Wildman–Crippen LogP) is 8.68. The number of halogens is 11. The van der Waals surface area contributed by atoms with Gasteiger partial charge < -0.3 is 30.3 Å². The molecule has 25 heteroatoms. The molecule has 3 amide bonds. The largest absolute Gasteiger partial charge is 0.743 e. The topological polar surface area (TPSA) is 208 Å². The molecule has 0 heterocycles. The highest BCUT2D eigenvalue weighted by molar-refractivity contribution is 14.1. The molecule has 0 aromatic heterocycles. The Hall–Kier alpha value is 1.35. The minimum atomic E-state index is -6.26. The van der Waals surface area contributed by atoms with Crippen LogP contribution >= 0.6 is 203 Å². The van der Waals surface area contributed by atoms with Crippen molar-refractivity contribution >= 4 is 243 Å². The number of aromatic carboxylic acids is 1. The zero-order chi connectivity index (χ0) is 44.7. The molecular weight excluding hydrogens is 1830 g/mol. The summed E-state index contributed by atoms with van der Waals surface area (Å²) in [7, 11) is -6.26. The van der Waals surface area contributed by atoms with Crippen molar-refractivity contribution in [1.82, 2.24) is 16.0 Å². The molecule has 7 rings (SSSR count). The van der Waals surface area contributed by atoms with Crippen LogP contribution in [-0.2, 0) is 19.6 Å². The quantitative estimate of drug-likeness (QED) is 0.0622. The molecule has 4 aliphatic carbocycles. The highest BCUT2D eigenvalue weighted by Gasteiger charge is 2.72. The number of rotatable bonds is 11. The van der Waals surface area contributed by atoms with Crippen LogP contribution < -0.4 is 16.0 Å². The molecule has 13 nitrogen and oxygen atoms in total. The predicted molar refractivity (Wildman–Crippen MR) is 287 cm³/mol. The van der Waals surface area contributed by atoms with Gasteiger partial charge in [-0.25, -0.2) is 13.2 Å². The second-order valence-corrected chi connectivity index (χ2v) is 26.8. The van der Waals surface area contributed by atoms with E-state index in [1.165, 1.54) is 0 Å². The number of carboxylic acids is 1. The Bertz CT molecular complexity index is 2460. The molecule has 4 fully saturated rings. The van der Waals surface area contributed by atoms with E-state index in [2.05, 4.69) is 106 Å². The normalized spacial score (nSPS) is 24.5. The van der Waals surface area contributed by atoms with Crippen molar-refractivity contribution in [2.75, 3.05) is 6.61 Å². The summed E-state index contributed by atoms with van der Waals surface area (Å²) >= 11 is 18.1. The van der Waals surface area contributed by atoms with Crippen molar-refractivity contribution in [1.29, 1.82) is 0 Å². The molecule has 2 unspecified atom stereocenters. The molecule has 2 atom stereocenters. The number of esters is 1. The van der Waals surface area contributed by atoms with Crippen LogP contribution in [0, 0.1) is 37.5 Å². The van der Waals surface area contributed by atoms with Crippen LogP contribution in [0.4, 0.5) is 8.78 Å². The Morgan fingerprint density at radius 1 is 0.633 bits per heavy atom. The highest BCUT2D eigenvalue weighted by atomic mass is 127. The van der Waals surface area contributed by atoms with Crippen molar-refractivity contribution in [2.24, 2.45) is 5.41 Å². The SMILES string of the molecule is O=C(NC12CC3(NC(=O)c4cc(I)cc(I)c4I)CC(NC(=O)c4c(I)c(I)cc(I)c4C(=O)O)(C1)CC(C(=O)OCC(F)(F)S(=O)(=O)[O-])(C2)C3)c1cc(I)cc(I)c1I. The fourth-order valence-corrected chi connectivity index (χ4v) is 16.7. The number of hydrogen-bond acceptors (Lipinski definition) is 9. The third kappa shape index (κ3) is 10.1. The molecule has 4 N–H and O–H groups in total. The molecule has 322 valence electrons. The summed E-state index contributed by atoms with van der Waals surface area (Å²) in [5.41, 5.74) is -6.26. The van der Waals surface area contributed by atoms with Gasteiger partial charge >= 0.3 is 17.2 Å². The van der Waals surface area contributed by atoms with Crippen LogP contribution in [0.15, 0.2) is 30.3 Å². The molecule has 4 bridgehead atoms. The molecule has 60 heavy (non-hydrogen) atoms. The van der Waals surface area contributed by atoms with Crippen molar-refractivity contribution in [3.8, 4) is 0 Å². The second kappa shape index (κ2) is 18.4. The standard InChI is InChI=1S/C35H24F2I9N3O10S/c36-35(37,60(56,57)58)12-59-30(55)31-6-32(47-26(50)15-1-13(38)3-18(41)23(15)44)9-33(7-31,48-27(51)16-2-14(39)4-19(42)24(16)45)11-34(8-31,10-32)49-28(52)22-21(29(53)54)17(40)5-20(43)25(22)46/h1-5H,6-12H2,(H,47,50)(H,48,51)(H,49,52)(H,53,54)(H,56,57,58)/p-1. The zero-order valence-electron chi connectivity index (χ0n) is 29.5. The monoisotopic (exact) mass is 1860 g/mol. The van der Waals surface area contributed by atoms with Gasteiger partial charge in [-0.1, -0.05) is 0 Å². The number of benzene rings is 3. The summed E-state index contributed by atoms with van der Waals surface area (Å²) in [5, 5.41) is 14.5. The van der Waals surface area contributed by atoms with E-state index in [1.807, 2.05) is 125 Å². The van der Waals surface area contributed by atoms with E-state index < -0.39 is 73.7 Å². The van der Waals surface area contributed by atoms with Gasteiger partial charge in [0.25, 0.3) is 17.7 Å². The number of carbonyl (C=O) groups is 5. The number of hydrogen-bond donors (Lipinski definition) is 4. The lowest BCUT2D eigenvalue weighted by molar-refractivity contribution is -0.187. The van der Waals surface area contributed by atoms with E-state index in [4.69, 9.17) is 4.74 Å². The third-order valence-electron chi connectivity index (χ3n) is 10.5. The molecule has 4 aliphatic rings. The van der Waals surface area contributed by atoms with E-state index in [0.29, 0.717) is 14.3 Å². The highest BCUT2D eigenvalue weighted by Crippen LogP contribution is 2.65. The Balaban J connectivity index is 1.55. The minimum absolute atomic E-state index is 0.00344. The number of alkyl halides is 2. The minimum Gasteiger partial charge on any atom is -0.743 e. The summed E-state index contributed by atoms with van der Waals surface area (Å²) in [4.78, 5) is 70.7. The molecule has 0 radical (unpaired) electrons. The van der Waals surface area contributed by atoms with Crippen LogP contribution in [0.1, 0.15) is 80.0 Å². The molecule has 0 aliphatic heterocycles.